The number of carbonyl (C=O) groups excluding carboxylic acids is 1. The Morgan fingerprint density at radius 2 is 1.83 bits per heavy atom. The Morgan fingerprint density at radius 1 is 1.17 bits per heavy atom. The van der Waals surface area contributed by atoms with Crippen LogP contribution in [0.5, 0.6) is 0 Å². The zero-order chi connectivity index (χ0) is 21.0. The van der Waals surface area contributed by atoms with E-state index in [0.717, 1.165) is 50.7 Å². The number of allylic oxidation sites excluding steroid dienone is 4. The number of carbonyl (C=O) groups is 3. The summed E-state index contributed by atoms with van der Waals surface area (Å²) in [6, 6.07) is 0. The molecule has 0 saturated carbocycles. The maximum Gasteiger partial charge on any atom is 0.414 e. The highest BCUT2D eigenvalue weighted by Gasteiger charge is 2.46. The van der Waals surface area contributed by atoms with Crippen LogP contribution in [0, 0.1) is 17.3 Å². The minimum Gasteiger partial charge on any atom is -0.473 e. The monoisotopic (exact) mass is 422 g/mol. The Balaban J connectivity index is 0.000000353. The fourth-order valence-corrected chi connectivity index (χ4v) is 6.16. The number of aliphatic carboxylic acids is 2. The second kappa shape index (κ2) is 9.34. The smallest absolute Gasteiger partial charge is 0.414 e. The quantitative estimate of drug-likeness (QED) is 0.674. The number of nitrogens with zero attached hydrogens (tertiary/aromatic N) is 2. The van der Waals surface area contributed by atoms with Gasteiger partial charge in [-0.3, -0.25) is 4.79 Å². The summed E-state index contributed by atoms with van der Waals surface area (Å²) in [5, 5.41) is 14.8. The summed E-state index contributed by atoms with van der Waals surface area (Å²) in [5.41, 5.74) is -0.00596. The van der Waals surface area contributed by atoms with Crippen LogP contribution >= 0.6 is 11.8 Å². The molecule has 4 rings (SSSR count). The number of amides is 1. The molecule has 0 aromatic rings. The van der Waals surface area contributed by atoms with Crippen molar-refractivity contribution in [2.45, 2.75) is 32.1 Å². The first-order valence-corrected chi connectivity index (χ1v) is 11.3. The Hall–Kier alpha value is -1.80. The maximum atomic E-state index is 12.4. The normalized spacial score (nSPS) is 28.0. The molecule has 0 radical (unpaired) electrons. The van der Waals surface area contributed by atoms with Crippen LogP contribution in [0.25, 0.3) is 0 Å². The number of hydrogen-bond donors (Lipinski definition) is 2. The molecular formula is C21H30N2O5S. The van der Waals surface area contributed by atoms with E-state index in [1.165, 1.54) is 25.1 Å². The van der Waals surface area contributed by atoms with Crippen molar-refractivity contribution < 1.29 is 24.6 Å². The van der Waals surface area contributed by atoms with Gasteiger partial charge in [-0.1, -0.05) is 18.2 Å². The van der Waals surface area contributed by atoms with Gasteiger partial charge in [0.1, 0.15) is 0 Å². The Kier molecular flexibility index (Phi) is 7.05. The average Bonchev–Trinajstić information content (AvgIpc) is 3.29. The van der Waals surface area contributed by atoms with Gasteiger partial charge < -0.3 is 20.0 Å². The molecule has 1 aliphatic carbocycles. The summed E-state index contributed by atoms with van der Waals surface area (Å²) in [6.45, 7) is 4.37. The summed E-state index contributed by atoms with van der Waals surface area (Å²) in [6.07, 6.45) is 12.9. The first-order valence-electron chi connectivity index (χ1n) is 10.3. The molecule has 7 nitrogen and oxygen atoms in total. The Bertz CT molecular complexity index is 700. The van der Waals surface area contributed by atoms with E-state index in [2.05, 4.69) is 34.9 Å². The summed E-state index contributed by atoms with van der Waals surface area (Å²) in [4.78, 5) is 36.8. The maximum absolute atomic E-state index is 12.4. The van der Waals surface area contributed by atoms with Crippen LogP contribution in [0.4, 0.5) is 0 Å². The third-order valence-electron chi connectivity index (χ3n) is 6.70. The molecule has 3 aliphatic heterocycles. The van der Waals surface area contributed by atoms with Gasteiger partial charge in [-0.2, -0.15) is 0 Å². The minimum absolute atomic E-state index is 0.00596. The van der Waals surface area contributed by atoms with Gasteiger partial charge in [-0.15, -0.1) is 11.8 Å². The standard InChI is InChI=1S/C19H28N2OS.C2H2O4/c1-20-11-7-19(18(20)22)8-12-21(13-9-19)10-5-15-3-2-4-17-16(15)6-14-23-17;3-1(4)2(5)6/h2-4,15-16H,5-14H2,1H3;(H,3,4)(H,5,6). The third-order valence-corrected chi connectivity index (χ3v) is 7.91. The number of thioether (sulfide) groups is 1. The number of fused-ring (bicyclic) bond motifs is 1. The van der Waals surface area contributed by atoms with Crippen LogP contribution in [0.2, 0.25) is 0 Å². The topological polar surface area (TPSA) is 98.2 Å². The van der Waals surface area contributed by atoms with Crippen molar-refractivity contribution >= 4 is 29.6 Å². The van der Waals surface area contributed by atoms with E-state index < -0.39 is 11.9 Å². The van der Waals surface area contributed by atoms with E-state index in [0.29, 0.717) is 5.91 Å². The highest BCUT2D eigenvalue weighted by atomic mass is 32.2. The largest absolute Gasteiger partial charge is 0.473 e. The van der Waals surface area contributed by atoms with Crippen molar-refractivity contribution in [3.05, 3.63) is 23.1 Å². The van der Waals surface area contributed by atoms with E-state index in [1.807, 2.05) is 11.9 Å². The van der Waals surface area contributed by atoms with E-state index in [9.17, 15) is 4.79 Å². The predicted octanol–water partition coefficient (Wildman–Crippen LogP) is 2.30. The molecule has 3 fully saturated rings. The fraction of sp³-hybridized carbons (Fsp3) is 0.667. The second-order valence-electron chi connectivity index (χ2n) is 8.36. The van der Waals surface area contributed by atoms with Crippen LogP contribution in [-0.4, -0.2) is 76.8 Å². The number of carboxylic acids is 2. The van der Waals surface area contributed by atoms with Crippen molar-refractivity contribution in [1.29, 1.82) is 0 Å². The molecule has 0 bridgehead atoms. The fourth-order valence-electron chi connectivity index (χ4n) is 4.87. The summed E-state index contributed by atoms with van der Waals surface area (Å²) < 4.78 is 0. The van der Waals surface area contributed by atoms with E-state index in [4.69, 9.17) is 19.8 Å². The summed E-state index contributed by atoms with van der Waals surface area (Å²) in [7, 11) is 1.96. The number of carboxylic acid groups (broad SMARTS) is 2. The molecule has 3 saturated heterocycles. The Labute approximate surface area is 175 Å². The number of rotatable bonds is 3. The lowest BCUT2D eigenvalue weighted by Gasteiger charge is -2.38. The van der Waals surface area contributed by atoms with Crippen LogP contribution in [0.3, 0.4) is 0 Å². The number of piperidine rings is 1. The van der Waals surface area contributed by atoms with Gasteiger partial charge >= 0.3 is 11.9 Å². The van der Waals surface area contributed by atoms with Crippen molar-refractivity contribution in [2.75, 3.05) is 39.0 Å². The Morgan fingerprint density at radius 3 is 2.41 bits per heavy atom. The highest BCUT2D eigenvalue weighted by molar-refractivity contribution is 8.03. The van der Waals surface area contributed by atoms with Gasteiger partial charge in [0.05, 0.1) is 5.41 Å². The lowest BCUT2D eigenvalue weighted by molar-refractivity contribution is -0.159. The molecule has 160 valence electrons. The second-order valence-corrected chi connectivity index (χ2v) is 9.53. The number of hydrogen-bond acceptors (Lipinski definition) is 5. The molecule has 8 heteroatoms. The predicted molar refractivity (Wildman–Crippen MR) is 112 cm³/mol. The van der Waals surface area contributed by atoms with Gasteiger partial charge in [0, 0.05) is 13.6 Å². The van der Waals surface area contributed by atoms with Gasteiger partial charge in [0.15, 0.2) is 0 Å². The van der Waals surface area contributed by atoms with Crippen molar-refractivity contribution in [3.63, 3.8) is 0 Å². The first-order chi connectivity index (χ1) is 13.8. The molecule has 1 spiro atoms. The summed E-state index contributed by atoms with van der Waals surface area (Å²) in [5.74, 6) is -0.405. The van der Waals surface area contributed by atoms with Crippen molar-refractivity contribution in [2.24, 2.45) is 17.3 Å². The van der Waals surface area contributed by atoms with E-state index >= 15 is 0 Å². The highest BCUT2D eigenvalue weighted by Crippen LogP contribution is 2.45. The molecule has 0 aromatic heterocycles. The molecule has 2 N–H and O–H groups in total. The minimum atomic E-state index is -1.82. The van der Waals surface area contributed by atoms with Crippen LogP contribution < -0.4 is 0 Å². The van der Waals surface area contributed by atoms with Crippen molar-refractivity contribution in [3.8, 4) is 0 Å². The van der Waals surface area contributed by atoms with Crippen LogP contribution in [0.1, 0.15) is 32.1 Å². The van der Waals surface area contributed by atoms with Gasteiger partial charge in [-0.25, -0.2) is 9.59 Å². The summed E-state index contributed by atoms with van der Waals surface area (Å²) >= 11 is 2.06. The van der Waals surface area contributed by atoms with Gasteiger partial charge in [0.25, 0.3) is 0 Å². The van der Waals surface area contributed by atoms with E-state index in [-0.39, 0.29) is 5.41 Å². The molecular weight excluding hydrogens is 392 g/mol. The zero-order valence-corrected chi connectivity index (χ0v) is 17.7. The van der Waals surface area contributed by atoms with Gasteiger partial charge in [0.2, 0.25) is 5.91 Å². The lowest BCUT2D eigenvalue weighted by atomic mass is 9.77. The molecule has 1 amide bonds. The molecule has 2 unspecified atom stereocenters. The van der Waals surface area contributed by atoms with Crippen molar-refractivity contribution in [1.82, 2.24) is 9.80 Å². The first kappa shape index (κ1) is 21.9. The molecule has 3 heterocycles. The zero-order valence-electron chi connectivity index (χ0n) is 16.9. The molecule has 29 heavy (non-hydrogen) atoms. The third kappa shape index (κ3) is 5.04. The van der Waals surface area contributed by atoms with E-state index in [1.54, 1.807) is 4.91 Å². The molecule has 2 atom stereocenters. The SMILES string of the molecule is CN1CCC2(CCN(CCC3C=CC=C4SCCC43)CC2)C1=O.O=C(O)C(=O)O. The average molecular weight is 423 g/mol. The number of likely N-dealkylation sites (tertiary alicyclic amines) is 2. The molecule has 4 aliphatic rings. The van der Waals surface area contributed by atoms with Crippen LogP contribution in [-0.2, 0) is 14.4 Å². The van der Waals surface area contributed by atoms with Gasteiger partial charge in [-0.05, 0) is 74.2 Å². The van der Waals surface area contributed by atoms with Crippen LogP contribution in [0.15, 0.2) is 23.1 Å². The lowest BCUT2D eigenvalue weighted by Crippen LogP contribution is -2.44. The molecule has 0 aromatic carbocycles.